The van der Waals surface area contributed by atoms with Crippen LogP contribution in [-0.2, 0) is 13.1 Å². The third-order valence-corrected chi connectivity index (χ3v) is 2.23. The van der Waals surface area contributed by atoms with Crippen molar-refractivity contribution in [3.8, 4) is 12.3 Å². The normalized spacial score (nSPS) is 10.1. The summed E-state index contributed by atoms with van der Waals surface area (Å²) >= 11 is 0. The summed E-state index contributed by atoms with van der Waals surface area (Å²) in [6.45, 7) is 5.02. The van der Waals surface area contributed by atoms with Crippen molar-refractivity contribution < 1.29 is 0 Å². The molecule has 0 aliphatic carbocycles. The summed E-state index contributed by atoms with van der Waals surface area (Å²) in [5.41, 5.74) is 1.24. The van der Waals surface area contributed by atoms with Crippen molar-refractivity contribution in [1.82, 2.24) is 15.1 Å². The van der Waals surface area contributed by atoms with Gasteiger partial charge >= 0.3 is 0 Å². The molecule has 1 aromatic heterocycles. The standard InChI is InChI=1S/C12H19N3/c1-3-5-6-10-15-12(7-9-14-15)11-13-8-4-2/h1,7,9,13H,4-6,8,10-11H2,2H3. The first-order valence-electron chi connectivity index (χ1n) is 5.53. The number of unbranched alkanes of at least 4 members (excludes halogenated alkanes) is 1. The van der Waals surface area contributed by atoms with Crippen LogP contribution in [0.2, 0.25) is 0 Å². The molecular weight excluding hydrogens is 186 g/mol. The van der Waals surface area contributed by atoms with Gasteiger partial charge in [-0.1, -0.05) is 6.92 Å². The average molecular weight is 205 g/mol. The molecule has 3 heteroatoms. The van der Waals surface area contributed by atoms with Gasteiger partial charge in [0.15, 0.2) is 0 Å². The Labute approximate surface area is 91.9 Å². The van der Waals surface area contributed by atoms with Crippen molar-refractivity contribution in [3.63, 3.8) is 0 Å². The van der Waals surface area contributed by atoms with Crippen molar-refractivity contribution in [2.24, 2.45) is 0 Å². The molecule has 15 heavy (non-hydrogen) atoms. The summed E-state index contributed by atoms with van der Waals surface area (Å²) in [6, 6.07) is 2.05. The maximum atomic E-state index is 5.21. The van der Waals surface area contributed by atoms with E-state index in [1.54, 1.807) is 0 Å². The largest absolute Gasteiger partial charge is 0.311 e. The van der Waals surface area contributed by atoms with Crippen LogP contribution in [0, 0.1) is 12.3 Å². The van der Waals surface area contributed by atoms with Crippen LogP contribution in [0.3, 0.4) is 0 Å². The van der Waals surface area contributed by atoms with E-state index in [1.807, 2.05) is 10.9 Å². The molecule has 0 unspecified atom stereocenters. The second kappa shape index (κ2) is 7.08. The molecule has 1 N–H and O–H groups in total. The molecule has 82 valence electrons. The number of aromatic nitrogens is 2. The van der Waals surface area contributed by atoms with E-state index in [9.17, 15) is 0 Å². The molecule has 0 amide bonds. The van der Waals surface area contributed by atoms with Crippen LogP contribution >= 0.6 is 0 Å². The molecule has 0 radical (unpaired) electrons. The number of nitrogens with zero attached hydrogens (tertiary/aromatic N) is 2. The lowest BCUT2D eigenvalue weighted by Gasteiger charge is -2.07. The van der Waals surface area contributed by atoms with Gasteiger partial charge < -0.3 is 5.32 Å². The quantitative estimate of drug-likeness (QED) is 0.543. The fraction of sp³-hybridized carbons (Fsp3) is 0.583. The van der Waals surface area contributed by atoms with Crippen LogP contribution in [-0.4, -0.2) is 16.3 Å². The Bertz CT molecular complexity index is 309. The minimum atomic E-state index is 0.821. The second-order valence-electron chi connectivity index (χ2n) is 3.53. The average Bonchev–Trinajstić information content (AvgIpc) is 2.67. The van der Waals surface area contributed by atoms with Gasteiger partial charge in [0.25, 0.3) is 0 Å². The highest BCUT2D eigenvalue weighted by molar-refractivity contribution is 5.00. The van der Waals surface area contributed by atoms with Gasteiger partial charge in [0.05, 0.1) is 5.69 Å². The lowest BCUT2D eigenvalue weighted by atomic mass is 10.3. The van der Waals surface area contributed by atoms with Crippen LogP contribution in [0.15, 0.2) is 12.3 Å². The Morgan fingerprint density at radius 1 is 1.60 bits per heavy atom. The van der Waals surface area contributed by atoms with Crippen molar-refractivity contribution >= 4 is 0 Å². The number of rotatable bonds is 7. The number of nitrogens with one attached hydrogen (secondary N) is 1. The zero-order valence-electron chi connectivity index (χ0n) is 9.37. The van der Waals surface area contributed by atoms with Crippen molar-refractivity contribution in [2.75, 3.05) is 6.54 Å². The van der Waals surface area contributed by atoms with Crippen LogP contribution in [0.1, 0.15) is 31.9 Å². The van der Waals surface area contributed by atoms with Gasteiger partial charge in [-0.05, 0) is 25.5 Å². The van der Waals surface area contributed by atoms with E-state index in [2.05, 4.69) is 29.3 Å². The van der Waals surface area contributed by atoms with Crippen LogP contribution in [0.25, 0.3) is 0 Å². The predicted octanol–water partition coefficient (Wildman–Crippen LogP) is 1.80. The molecule has 0 bridgehead atoms. The number of terminal acetylenes is 1. The first kappa shape index (κ1) is 11.8. The third-order valence-electron chi connectivity index (χ3n) is 2.23. The Morgan fingerprint density at radius 2 is 2.47 bits per heavy atom. The van der Waals surface area contributed by atoms with Crippen LogP contribution in [0.5, 0.6) is 0 Å². The van der Waals surface area contributed by atoms with Gasteiger partial charge in [0, 0.05) is 25.7 Å². The monoisotopic (exact) mass is 205 g/mol. The summed E-state index contributed by atoms with van der Waals surface area (Å²) in [7, 11) is 0. The molecule has 0 aliphatic heterocycles. The van der Waals surface area contributed by atoms with E-state index in [4.69, 9.17) is 6.42 Å². The molecule has 3 nitrogen and oxygen atoms in total. The van der Waals surface area contributed by atoms with Gasteiger partial charge in [-0.15, -0.1) is 12.3 Å². The summed E-state index contributed by atoms with van der Waals surface area (Å²) in [5, 5.41) is 7.64. The van der Waals surface area contributed by atoms with E-state index in [1.165, 1.54) is 5.69 Å². The third kappa shape index (κ3) is 4.18. The van der Waals surface area contributed by atoms with Crippen LogP contribution < -0.4 is 5.32 Å². The first-order chi connectivity index (χ1) is 7.38. The Hall–Kier alpha value is -1.27. The maximum Gasteiger partial charge on any atom is 0.0522 e. The summed E-state index contributed by atoms with van der Waals surface area (Å²) in [5.74, 6) is 2.65. The molecule has 0 spiro atoms. The molecule has 1 aromatic rings. The molecule has 0 aromatic carbocycles. The highest BCUT2D eigenvalue weighted by Crippen LogP contribution is 2.01. The van der Waals surface area contributed by atoms with E-state index in [0.717, 1.165) is 38.9 Å². The van der Waals surface area contributed by atoms with Gasteiger partial charge in [0.1, 0.15) is 0 Å². The number of hydrogen-bond acceptors (Lipinski definition) is 2. The minimum Gasteiger partial charge on any atom is -0.311 e. The number of hydrogen-bond donors (Lipinski definition) is 1. The minimum absolute atomic E-state index is 0.821. The lowest BCUT2D eigenvalue weighted by molar-refractivity contribution is 0.539. The van der Waals surface area contributed by atoms with Crippen molar-refractivity contribution in [3.05, 3.63) is 18.0 Å². The van der Waals surface area contributed by atoms with Gasteiger partial charge in [-0.3, -0.25) is 4.68 Å². The topological polar surface area (TPSA) is 29.9 Å². The Morgan fingerprint density at radius 3 is 3.20 bits per heavy atom. The van der Waals surface area contributed by atoms with Crippen molar-refractivity contribution in [2.45, 2.75) is 39.3 Å². The highest BCUT2D eigenvalue weighted by Gasteiger charge is 2.00. The van der Waals surface area contributed by atoms with Gasteiger partial charge in [0.2, 0.25) is 0 Å². The molecule has 1 rings (SSSR count). The Balaban J connectivity index is 2.36. The first-order valence-corrected chi connectivity index (χ1v) is 5.53. The summed E-state index contributed by atoms with van der Waals surface area (Å²) in [4.78, 5) is 0. The molecule has 0 atom stereocenters. The van der Waals surface area contributed by atoms with Gasteiger partial charge in [-0.25, -0.2) is 0 Å². The summed E-state index contributed by atoms with van der Waals surface area (Å²) in [6.07, 6.45) is 10.0. The molecule has 0 saturated heterocycles. The maximum absolute atomic E-state index is 5.21. The zero-order chi connectivity index (χ0) is 10.9. The highest BCUT2D eigenvalue weighted by atomic mass is 15.3. The van der Waals surface area contributed by atoms with Gasteiger partial charge in [-0.2, -0.15) is 5.10 Å². The molecular formula is C12H19N3. The second-order valence-corrected chi connectivity index (χ2v) is 3.53. The van der Waals surface area contributed by atoms with E-state index >= 15 is 0 Å². The fourth-order valence-corrected chi connectivity index (χ4v) is 1.44. The number of aryl methyl sites for hydroxylation is 1. The SMILES string of the molecule is C#CCCCn1nccc1CNCCC. The smallest absolute Gasteiger partial charge is 0.0522 e. The van der Waals surface area contributed by atoms with Crippen LogP contribution in [0.4, 0.5) is 0 Å². The lowest BCUT2D eigenvalue weighted by Crippen LogP contribution is -2.17. The van der Waals surface area contributed by atoms with E-state index < -0.39 is 0 Å². The molecule has 0 saturated carbocycles. The fourth-order valence-electron chi connectivity index (χ4n) is 1.44. The van der Waals surface area contributed by atoms with E-state index in [0.29, 0.717) is 0 Å². The molecule has 0 fully saturated rings. The zero-order valence-corrected chi connectivity index (χ0v) is 9.37. The predicted molar refractivity (Wildman–Crippen MR) is 62.3 cm³/mol. The Kier molecular flexibility index (Phi) is 5.57. The molecule has 1 heterocycles. The summed E-state index contributed by atoms with van der Waals surface area (Å²) < 4.78 is 2.03. The van der Waals surface area contributed by atoms with Crippen molar-refractivity contribution in [1.29, 1.82) is 0 Å². The van der Waals surface area contributed by atoms with E-state index in [-0.39, 0.29) is 0 Å². The molecule has 0 aliphatic rings.